The molecule has 1 aromatic heterocycles. The summed E-state index contributed by atoms with van der Waals surface area (Å²) in [7, 11) is 0. The monoisotopic (exact) mass is 141 g/mol. The molecule has 0 atom stereocenters. The summed E-state index contributed by atoms with van der Waals surface area (Å²) in [6, 6.07) is 1.49. The maximum atomic E-state index is 9.93. The smallest absolute Gasteiger partial charge is 0.219 e. The van der Waals surface area contributed by atoms with E-state index in [0.717, 1.165) is 0 Å². The van der Waals surface area contributed by atoms with Crippen LogP contribution in [0.3, 0.4) is 0 Å². The molecular formula is C4H5N4O2+. The minimum absolute atomic E-state index is 0.382. The molecule has 10 heavy (non-hydrogen) atoms. The van der Waals surface area contributed by atoms with Gasteiger partial charge in [0.05, 0.1) is 12.4 Å². The summed E-state index contributed by atoms with van der Waals surface area (Å²) in [5.41, 5.74) is 2.42. The van der Waals surface area contributed by atoms with Gasteiger partial charge in [0.1, 0.15) is 10.6 Å². The molecule has 2 N–H and O–H groups in total. The standard InChI is InChI=1S/C4H5N4O2/c9-8(10)7-4-1-2-5-6-3-4/h1-3H,(H,5,7)(H,9,10)/q+1. The van der Waals surface area contributed by atoms with Gasteiger partial charge in [0.15, 0.2) is 0 Å². The third kappa shape index (κ3) is 1.66. The van der Waals surface area contributed by atoms with E-state index >= 15 is 0 Å². The molecule has 0 saturated carbocycles. The molecule has 0 saturated heterocycles. The Morgan fingerprint density at radius 1 is 1.60 bits per heavy atom. The van der Waals surface area contributed by atoms with E-state index < -0.39 is 5.03 Å². The molecule has 0 radical (unpaired) electrons. The molecule has 6 nitrogen and oxygen atoms in total. The predicted octanol–water partition coefficient (Wildman–Crippen LogP) is -0.0284. The van der Waals surface area contributed by atoms with Crippen molar-refractivity contribution in [2.45, 2.75) is 0 Å². The quantitative estimate of drug-likeness (QED) is 0.565. The van der Waals surface area contributed by atoms with Gasteiger partial charge >= 0.3 is 5.03 Å². The lowest BCUT2D eigenvalue weighted by atomic mass is 10.5. The van der Waals surface area contributed by atoms with E-state index in [1.807, 2.05) is 5.43 Å². The van der Waals surface area contributed by atoms with Crippen molar-refractivity contribution < 1.29 is 10.2 Å². The third-order valence-electron chi connectivity index (χ3n) is 0.809. The van der Waals surface area contributed by atoms with E-state index in [2.05, 4.69) is 10.2 Å². The number of aromatic nitrogens is 2. The van der Waals surface area contributed by atoms with Gasteiger partial charge in [0, 0.05) is 0 Å². The van der Waals surface area contributed by atoms with Crippen molar-refractivity contribution >= 4 is 5.69 Å². The second-order valence-corrected chi connectivity index (χ2v) is 1.52. The molecule has 0 bridgehead atoms. The Balaban J connectivity index is 2.67. The average Bonchev–Trinajstić information content (AvgIpc) is 1.88. The Labute approximate surface area is 56.0 Å². The van der Waals surface area contributed by atoms with Gasteiger partial charge in [-0.05, 0) is 6.07 Å². The Bertz CT molecular complexity index is 224. The lowest BCUT2D eigenvalue weighted by molar-refractivity contribution is -0.769. The Kier molecular flexibility index (Phi) is 1.74. The molecule has 0 amide bonds. The van der Waals surface area contributed by atoms with Gasteiger partial charge in [-0.3, -0.25) is 0 Å². The van der Waals surface area contributed by atoms with E-state index in [4.69, 9.17) is 5.21 Å². The first-order valence-electron chi connectivity index (χ1n) is 2.48. The summed E-state index contributed by atoms with van der Waals surface area (Å²) >= 11 is 0. The van der Waals surface area contributed by atoms with Crippen LogP contribution in [0, 0.1) is 4.91 Å². The second kappa shape index (κ2) is 2.72. The molecule has 0 aliphatic rings. The van der Waals surface area contributed by atoms with Gasteiger partial charge in [-0.25, -0.2) is 5.21 Å². The summed E-state index contributed by atoms with van der Waals surface area (Å²) in [5, 5.41) is 14.6. The Morgan fingerprint density at radius 3 is 2.90 bits per heavy atom. The third-order valence-corrected chi connectivity index (χ3v) is 0.809. The number of nitrogens with one attached hydrogen (secondary N) is 1. The fraction of sp³-hybridized carbons (Fsp3) is 0. The molecule has 0 spiro atoms. The van der Waals surface area contributed by atoms with Gasteiger partial charge in [-0.1, -0.05) is 5.43 Å². The predicted molar refractivity (Wildman–Crippen MR) is 31.1 cm³/mol. The zero-order chi connectivity index (χ0) is 7.40. The van der Waals surface area contributed by atoms with Crippen molar-refractivity contribution in [3.63, 3.8) is 0 Å². The normalized spacial score (nSPS) is 8.80. The van der Waals surface area contributed by atoms with Gasteiger partial charge < -0.3 is 0 Å². The number of rotatable bonds is 2. The fourth-order valence-electron chi connectivity index (χ4n) is 0.467. The Morgan fingerprint density at radius 2 is 2.40 bits per heavy atom. The van der Waals surface area contributed by atoms with Crippen molar-refractivity contribution in [3.8, 4) is 0 Å². The van der Waals surface area contributed by atoms with Crippen LogP contribution in [-0.2, 0) is 0 Å². The SMILES string of the molecule is O=[N+](O)Nc1ccnnc1. The number of anilines is 1. The lowest BCUT2D eigenvalue weighted by Crippen LogP contribution is -2.10. The van der Waals surface area contributed by atoms with E-state index in [1.165, 1.54) is 18.5 Å². The van der Waals surface area contributed by atoms with E-state index in [-0.39, 0.29) is 0 Å². The second-order valence-electron chi connectivity index (χ2n) is 1.52. The first-order chi connectivity index (χ1) is 4.79. The summed E-state index contributed by atoms with van der Waals surface area (Å²) in [6.07, 6.45) is 2.70. The minimum Gasteiger partial charge on any atom is -0.219 e. The summed E-state index contributed by atoms with van der Waals surface area (Å²) in [6.45, 7) is 0. The van der Waals surface area contributed by atoms with Crippen LogP contribution < -0.4 is 5.43 Å². The van der Waals surface area contributed by atoms with Crippen LogP contribution in [0.2, 0.25) is 0 Å². The highest BCUT2D eigenvalue weighted by Crippen LogP contribution is 1.98. The van der Waals surface area contributed by atoms with E-state index in [9.17, 15) is 4.91 Å². The van der Waals surface area contributed by atoms with Gasteiger partial charge in [0.2, 0.25) is 0 Å². The van der Waals surface area contributed by atoms with Crippen LogP contribution in [0.15, 0.2) is 18.5 Å². The molecule has 1 heterocycles. The first kappa shape index (κ1) is 6.40. The highest BCUT2D eigenvalue weighted by atomic mass is 16.7. The van der Waals surface area contributed by atoms with Gasteiger partial charge in [-0.2, -0.15) is 10.2 Å². The van der Waals surface area contributed by atoms with Crippen LogP contribution >= 0.6 is 0 Å². The molecule has 0 aromatic carbocycles. The van der Waals surface area contributed by atoms with Crippen molar-refractivity contribution in [2.75, 3.05) is 5.43 Å². The molecule has 1 aromatic rings. The molecule has 0 aliphatic carbocycles. The van der Waals surface area contributed by atoms with Crippen LogP contribution in [0.25, 0.3) is 0 Å². The van der Waals surface area contributed by atoms with Crippen LogP contribution in [-0.4, -0.2) is 20.4 Å². The Hall–Kier alpha value is -1.72. The van der Waals surface area contributed by atoms with Crippen molar-refractivity contribution in [2.24, 2.45) is 0 Å². The fourth-order valence-corrected chi connectivity index (χ4v) is 0.467. The van der Waals surface area contributed by atoms with Crippen molar-refractivity contribution in [1.82, 2.24) is 10.2 Å². The van der Waals surface area contributed by atoms with E-state index in [0.29, 0.717) is 5.69 Å². The molecule has 0 fully saturated rings. The van der Waals surface area contributed by atoms with Crippen molar-refractivity contribution in [1.29, 1.82) is 0 Å². The number of nitrogens with zero attached hydrogens (tertiary/aromatic N) is 3. The number of hydrogen-bond donors (Lipinski definition) is 2. The minimum atomic E-state index is -0.406. The topological polar surface area (TPSA) is 78.1 Å². The van der Waals surface area contributed by atoms with Crippen molar-refractivity contribution in [3.05, 3.63) is 23.4 Å². The summed E-state index contributed by atoms with van der Waals surface area (Å²) < 4.78 is 0. The number of hydrogen-bond acceptors (Lipinski definition) is 3. The maximum absolute atomic E-state index is 9.93. The average molecular weight is 141 g/mol. The van der Waals surface area contributed by atoms with Crippen LogP contribution in [0.4, 0.5) is 5.69 Å². The molecule has 0 aliphatic heterocycles. The van der Waals surface area contributed by atoms with Gasteiger partial charge in [-0.15, -0.1) is 0 Å². The highest BCUT2D eigenvalue weighted by Gasteiger charge is 2.01. The molecule has 0 unspecified atom stereocenters. The zero-order valence-electron chi connectivity index (χ0n) is 4.93. The van der Waals surface area contributed by atoms with E-state index in [1.54, 1.807) is 0 Å². The largest absolute Gasteiger partial charge is 0.359 e. The van der Waals surface area contributed by atoms with Crippen LogP contribution in [0.5, 0.6) is 0 Å². The summed E-state index contributed by atoms with van der Waals surface area (Å²) in [5.74, 6) is 0. The summed E-state index contributed by atoms with van der Waals surface area (Å²) in [4.78, 5) is 9.93. The zero-order valence-corrected chi connectivity index (χ0v) is 4.93. The molecule has 1 rings (SSSR count). The molecule has 6 heteroatoms. The maximum Gasteiger partial charge on any atom is 0.359 e. The number of hydrazine groups is 1. The van der Waals surface area contributed by atoms with Gasteiger partial charge in [0.25, 0.3) is 0 Å². The van der Waals surface area contributed by atoms with Crippen LogP contribution in [0.1, 0.15) is 0 Å². The molecule has 52 valence electrons. The first-order valence-corrected chi connectivity index (χ1v) is 2.48. The molecular weight excluding hydrogens is 136 g/mol. The highest BCUT2D eigenvalue weighted by molar-refractivity contribution is 5.34. The lowest BCUT2D eigenvalue weighted by Gasteiger charge is -1.87.